The lowest BCUT2D eigenvalue weighted by Gasteiger charge is -2.06. The van der Waals surface area contributed by atoms with E-state index in [2.05, 4.69) is 10.3 Å². The Balaban J connectivity index is 1.92. The van der Waals surface area contributed by atoms with Gasteiger partial charge in [-0.1, -0.05) is 30.3 Å². The second-order valence-corrected chi connectivity index (χ2v) is 5.83. The minimum absolute atomic E-state index is 0.0215. The predicted molar refractivity (Wildman–Crippen MR) is 103 cm³/mol. The molecule has 28 heavy (non-hydrogen) atoms. The number of non-ortho nitro benzene ring substituents is 1. The van der Waals surface area contributed by atoms with Crippen molar-refractivity contribution in [2.45, 2.75) is 6.92 Å². The number of benzene rings is 2. The molecule has 1 aliphatic heterocycles. The Kier molecular flexibility index (Phi) is 5.40. The molecular weight excluding hydrogens is 362 g/mol. The van der Waals surface area contributed by atoms with E-state index in [1.807, 2.05) is 30.3 Å². The predicted octanol–water partition coefficient (Wildman–Crippen LogP) is 3.07. The zero-order chi connectivity index (χ0) is 20.1. The summed E-state index contributed by atoms with van der Waals surface area (Å²) in [7, 11) is 0. The number of nitro benzene ring substituents is 1. The highest BCUT2D eigenvalue weighted by Crippen LogP contribution is 2.20. The highest BCUT2D eigenvalue weighted by Gasteiger charge is 2.26. The molecule has 0 radical (unpaired) electrons. The fourth-order valence-corrected chi connectivity index (χ4v) is 2.43. The molecule has 1 amide bonds. The molecule has 0 bridgehead atoms. The van der Waals surface area contributed by atoms with E-state index in [9.17, 15) is 19.7 Å². The van der Waals surface area contributed by atoms with Gasteiger partial charge in [0.2, 0.25) is 11.8 Å². The van der Waals surface area contributed by atoms with Crippen LogP contribution in [0.25, 0.3) is 12.2 Å². The molecule has 0 spiro atoms. The van der Waals surface area contributed by atoms with Gasteiger partial charge in [0, 0.05) is 19.1 Å². The number of cyclic esters (lactones) is 1. The van der Waals surface area contributed by atoms with Gasteiger partial charge in [0.05, 0.1) is 4.92 Å². The van der Waals surface area contributed by atoms with Crippen molar-refractivity contribution >= 4 is 35.6 Å². The van der Waals surface area contributed by atoms with Crippen molar-refractivity contribution in [2.75, 3.05) is 0 Å². The maximum atomic E-state index is 12.2. The quantitative estimate of drug-likeness (QED) is 0.373. The van der Waals surface area contributed by atoms with Crippen molar-refractivity contribution in [2.24, 2.45) is 4.99 Å². The third kappa shape index (κ3) is 4.55. The monoisotopic (exact) mass is 377 g/mol. The first-order valence-corrected chi connectivity index (χ1v) is 8.24. The van der Waals surface area contributed by atoms with Gasteiger partial charge >= 0.3 is 5.97 Å². The molecule has 0 saturated heterocycles. The van der Waals surface area contributed by atoms with Crippen LogP contribution in [0.5, 0.6) is 0 Å². The van der Waals surface area contributed by atoms with Crippen molar-refractivity contribution < 1.29 is 19.2 Å². The first-order chi connectivity index (χ1) is 13.4. The zero-order valence-corrected chi connectivity index (χ0v) is 14.8. The molecule has 0 atom stereocenters. The number of hydrogen-bond donors (Lipinski definition) is 1. The molecule has 8 heteroatoms. The van der Waals surface area contributed by atoms with Crippen LogP contribution in [0.3, 0.4) is 0 Å². The number of hydrogen-bond acceptors (Lipinski definition) is 6. The Hall–Kier alpha value is -4.07. The maximum Gasteiger partial charge on any atom is 0.363 e. The van der Waals surface area contributed by atoms with Gasteiger partial charge in [-0.2, -0.15) is 0 Å². The van der Waals surface area contributed by atoms with Crippen LogP contribution in [-0.4, -0.2) is 22.7 Å². The summed E-state index contributed by atoms with van der Waals surface area (Å²) in [6, 6.07) is 14.8. The second kappa shape index (κ2) is 8.09. The minimum atomic E-state index is -0.683. The molecule has 140 valence electrons. The number of carbonyl (C=O) groups is 2. The average Bonchev–Trinajstić information content (AvgIpc) is 3.03. The molecule has 2 aromatic rings. The third-order valence-electron chi connectivity index (χ3n) is 3.68. The van der Waals surface area contributed by atoms with Crippen molar-refractivity contribution in [3.63, 3.8) is 0 Å². The lowest BCUT2D eigenvalue weighted by Crippen LogP contribution is -2.25. The highest BCUT2D eigenvalue weighted by molar-refractivity contribution is 6.14. The standard InChI is InChI=1S/C20H15N3O5/c1-13(24)21-17(11-14-5-3-2-4-6-14)19-22-18(20(25)28-19)12-15-7-9-16(10-8-15)23(26)27/h2-12H,1H3,(H,21,24)/b17-11+,18-12+. The molecule has 8 nitrogen and oxygen atoms in total. The number of carbonyl (C=O) groups excluding carboxylic acids is 2. The van der Waals surface area contributed by atoms with Crippen LogP contribution in [0, 0.1) is 10.1 Å². The van der Waals surface area contributed by atoms with E-state index < -0.39 is 10.9 Å². The minimum Gasteiger partial charge on any atom is -0.400 e. The van der Waals surface area contributed by atoms with Crippen molar-refractivity contribution in [3.8, 4) is 0 Å². The number of nitrogens with zero attached hydrogens (tertiary/aromatic N) is 2. The van der Waals surface area contributed by atoms with E-state index in [4.69, 9.17) is 4.74 Å². The smallest absolute Gasteiger partial charge is 0.363 e. The summed E-state index contributed by atoms with van der Waals surface area (Å²) in [5.41, 5.74) is 1.56. The fraction of sp³-hybridized carbons (Fsp3) is 0.0500. The van der Waals surface area contributed by atoms with Gasteiger partial charge in [0.1, 0.15) is 5.70 Å². The molecule has 1 heterocycles. The maximum absolute atomic E-state index is 12.2. The number of rotatable bonds is 5. The molecule has 3 rings (SSSR count). The SMILES string of the molecule is CC(=O)N/C(=C/c1ccccc1)C1=N/C(=C/c2ccc([N+](=O)[O-])cc2)C(=O)O1. The van der Waals surface area contributed by atoms with E-state index in [1.165, 1.54) is 37.3 Å². The van der Waals surface area contributed by atoms with Gasteiger partial charge in [0.25, 0.3) is 5.69 Å². The van der Waals surface area contributed by atoms with Crippen LogP contribution in [-0.2, 0) is 14.3 Å². The Morgan fingerprint density at radius 1 is 1.11 bits per heavy atom. The lowest BCUT2D eigenvalue weighted by molar-refractivity contribution is -0.384. The average molecular weight is 377 g/mol. The van der Waals surface area contributed by atoms with Crippen LogP contribution >= 0.6 is 0 Å². The van der Waals surface area contributed by atoms with Gasteiger partial charge in [-0.15, -0.1) is 0 Å². The number of nitro groups is 1. The first-order valence-electron chi connectivity index (χ1n) is 8.24. The normalized spacial score (nSPS) is 15.2. The third-order valence-corrected chi connectivity index (χ3v) is 3.68. The molecule has 0 fully saturated rings. The summed E-state index contributed by atoms with van der Waals surface area (Å²) in [5, 5.41) is 13.3. The van der Waals surface area contributed by atoms with Crippen LogP contribution in [0.2, 0.25) is 0 Å². The van der Waals surface area contributed by atoms with Gasteiger partial charge in [0.15, 0.2) is 5.70 Å². The van der Waals surface area contributed by atoms with E-state index in [0.717, 1.165) is 5.56 Å². The van der Waals surface area contributed by atoms with E-state index in [1.54, 1.807) is 6.08 Å². The van der Waals surface area contributed by atoms with Crippen LogP contribution < -0.4 is 5.32 Å². The Bertz CT molecular complexity index is 1020. The molecule has 0 aliphatic carbocycles. The number of esters is 1. The number of aliphatic imine (C=N–C) groups is 1. The Labute approximate surface area is 160 Å². The molecule has 0 unspecified atom stereocenters. The fourth-order valence-electron chi connectivity index (χ4n) is 2.43. The molecule has 0 saturated carbocycles. The number of nitrogens with one attached hydrogen (secondary N) is 1. The van der Waals surface area contributed by atoms with E-state index >= 15 is 0 Å². The highest BCUT2D eigenvalue weighted by atomic mass is 16.6. The summed E-state index contributed by atoms with van der Waals surface area (Å²) >= 11 is 0. The van der Waals surface area contributed by atoms with Crippen LogP contribution in [0.4, 0.5) is 5.69 Å². The summed E-state index contributed by atoms with van der Waals surface area (Å²) in [6.07, 6.45) is 3.09. The second-order valence-electron chi connectivity index (χ2n) is 5.83. The Morgan fingerprint density at radius 3 is 2.39 bits per heavy atom. The number of ether oxygens (including phenoxy) is 1. The zero-order valence-electron chi connectivity index (χ0n) is 14.8. The van der Waals surface area contributed by atoms with Gasteiger partial charge < -0.3 is 10.1 Å². The number of amides is 1. The summed E-state index contributed by atoms with van der Waals surface area (Å²) in [5.74, 6) is -1.05. The van der Waals surface area contributed by atoms with Crippen LogP contribution in [0.15, 0.2) is 71.0 Å². The Morgan fingerprint density at radius 2 is 1.79 bits per heavy atom. The largest absolute Gasteiger partial charge is 0.400 e. The van der Waals surface area contributed by atoms with Crippen molar-refractivity contribution in [3.05, 3.63) is 87.2 Å². The summed E-state index contributed by atoms with van der Waals surface area (Å²) in [4.78, 5) is 38.0. The molecule has 1 N–H and O–H groups in total. The summed E-state index contributed by atoms with van der Waals surface area (Å²) < 4.78 is 5.19. The van der Waals surface area contributed by atoms with Crippen molar-refractivity contribution in [1.29, 1.82) is 0 Å². The van der Waals surface area contributed by atoms with E-state index in [-0.39, 0.29) is 28.9 Å². The first kappa shape index (κ1) is 18.7. The van der Waals surface area contributed by atoms with Crippen molar-refractivity contribution in [1.82, 2.24) is 5.32 Å². The topological polar surface area (TPSA) is 111 Å². The van der Waals surface area contributed by atoms with Gasteiger partial charge in [-0.3, -0.25) is 14.9 Å². The molecule has 2 aromatic carbocycles. The van der Waals surface area contributed by atoms with E-state index in [0.29, 0.717) is 5.56 Å². The lowest BCUT2D eigenvalue weighted by atomic mass is 10.2. The molecule has 0 aromatic heterocycles. The van der Waals surface area contributed by atoms with Gasteiger partial charge in [-0.05, 0) is 35.4 Å². The van der Waals surface area contributed by atoms with Crippen LogP contribution in [0.1, 0.15) is 18.1 Å². The molecule has 1 aliphatic rings. The summed E-state index contributed by atoms with van der Waals surface area (Å²) in [6.45, 7) is 1.34. The van der Waals surface area contributed by atoms with Gasteiger partial charge in [-0.25, -0.2) is 9.79 Å². The molecular formula is C20H15N3O5.